The molecule has 1 aromatic rings. The maximum absolute atomic E-state index is 12.5. The number of hydrogen-bond acceptors (Lipinski definition) is 3. The average molecular weight is 256 g/mol. The SMILES string of the molecule is COc1cc(Cl)c([N+](=O)[O-])cc1C(F)(F)F. The molecule has 0 N–H and O–H groups in total. The highest BCUT2D eigenvalue weighted by Crippen LogP contribution is 2.41. The van der Waals surface area contributed by atoms with E-state index in [0.29, 0.717) is 6.07 Å². The largest absolute Gasteiger partial charge is 0.496 e. The summed E-state index contributed by atoms with van der Waals surface area (Å²) < 4.78 is 41.9. The van der Waals surface area contributed by atoms with Gasteiger partial charge in [-0.25, -0.2) is 0 Å². The number of nitrogens with zero attached hydrogens (tertiary/aromatic N) is 1. The number of methoxy groups -OCH3 is 1. The second kappa shape index (κ2) is 4.17. The van der Waals surface area contributed by atoms with Gasteiger partial charge in [-0.05, 0) is 0 Å². The van der Waals surface area contributed by atoms with Crippen LogP contribution in [0.3, 0.4) is 0 Å². The van der Waals surface area contributed by atoms with E-state index in [1.165, 1.54) is 0 Å². The fourth-order valence-corrected chi connectivity index (χ4v) is 1.30. The molecule has 16 heavy (non-hydrogen) atoms. The highest BCUT2D eigenvalue weighted by atomic mass is 35.5. The summed E-state index contributed by atoms with van der Waals surface area (Å²) in [5.74, 6) is -0.553. The Hall–Kier alpha value is -1.50. The van der Waals surface area contributed by atoms with Crippen LogP contribution in [0.4, 0.5) is 18.9 Å². The molecule has 0 spiro atoms. The number of benzene rings is 1. The molecule has 0 aliphatic rings. The van der Waals surface area contributed by atoms with E-state index in [-0.39, 0.29) is 0 Å². The molecule has 0 aliphatic carbocycles. The molecule has 0 radical (unpaired) electrons. The third kappa shape index (κ3) is 2.35. The summed E-state index contributed by atoms with van der Waals surface area (Å²) >= 11 is 5.44. The molecule has 4 nitrogen and oxygen atoms in total. The molecule has 0 atom stereocenters. The van der Waals surface area contributed by atoms with Crippen molar-refractivity contribution in [1.82, 2.24) is 0 Å². The summed E-state index contributed by atoms with van der Waals surface area (Å²) in [6, 6.07) is 1.11. The van der Waals surface area contributed by atoms with Crippen molar-refractivity contribution in [2.75, 3.05) is 7.11 Å². The van der Waals surface area contributed by atoms with Gasteiger partial charge in [-0.15, -0.1) is 0 Å². The lowest BCUT2D eigenvalue weighted by Crippen LogP contribution is -2.08. The first-order valence-corrected chi connectivity index (χ1v) is 4.24. The quantitative estimate of drug-likeness (QED) is 0.602. The van der Waals surface area contributed by atoms with Crippen molar-refractivity contribution in [2.24, 2.45) is 0 Å². The first kappa shape index (κ1) is 12.6. The topological polar surface area (TPSA) is 52.4 Å². The molecule has 1 aromatic carbocycles. The molecule has 88 valence electrons. The minimum absolute atomic E-state index is 0.348. The Morgan fingerprint density at radius 2 is 2.00 bits per heavy atom. The molecule has 0 aromatic heterocycles. The van der Waals surface area contributed by atoms with Gasteiger partial charge in [0.05, 0.1) is 12.0 Å². The minimum atomic E-state index is -4.74. The fourth-order valence-electron chi connectivity index (χ4n) is 1.07. The van der Waals surface area contributed by atoms with Gasteiger partial charge in [0.15, 0.2) is 0 Å². The van der Waals surface area contributed by atoms with Crippen LogP contribution in [0.1, 0.15) is 5.56 Å². The Kier molecular flexibility index (Phi) is 3.27. The first-order chi connectivity index (χ1) is 7.27. The normalized spacial score (nSPS) is 11.3. The van der Waals surface area contributed by atoms with Gasteiger partial charge >= 0.3 is 6.18 Å². The van der Waals surface area contributed by atoms with Gasteiger partial charge in [-0.3, -0.25) is 10.1 Å². The van der Waals surface area contributed by atoms with Crippen LogP contribution in [0, 0.1) is 10.1 Å². The summed E-state index contributed by atoms with van der Waals surface area (Å²) in [5.41, 5.74) is -2.04. The predicted octanol–water partition coefficient (Wildman–Crippen LogP) is 3.28. The summed E-state index contributed by atoms with van der Waals surface area (Å²) in [7, 11) is 1.02. The summed E-state index contributed by atoms with van der Waals surface area (Å²) in [4.78, 5) is 9.42. The van der Waals surface area contributed by atoms with E-state index in [1.807, 2.05) is 0 Å². The lowest BCUT2D eigenvalue weighted by Gasteiger charge is -2.11. The number of nitro benzene ring substituents is 1. The maximum atomic E-state index is 12.5. The molecule has 0 bridgehead atoms. The number of halogens is 4. The van der Waals surface area contributed by atoms with E-state index in [2.05, 4.69) is 4.74 Å². The third-order valence-electron chi connectivity index (χ3n) is 1.77. The molecular formula is C8H5ClF3NO3. The fraction of sp³-hybridized carbons (Fsp3) is 0.250. The van der Waals surface area contributed by atoms with Gasteiger partial charge in [-0.1, -0.05) is 11.6 Å². The summed E-state index contributed by atoms with van der Waals surface area (Å²) in [6.07, 6.45) is -4.74. The van der Waals surface area contributed by atoms with Gasteiger partial charge in [0.2, 0.25) is 0 Å². The molecule has 0 fully saturated rings. The smallest absolute Gasteiger partial charge is 0.420 e. The lowest BCUT2D eigenvalue weighted by atomic mass is 10.1. The van der Waals surface area contributed by atoms with Crippen LogP contribution < -0.4 is 4.74 Å². The van der Waals surface area contributed by atoms with E-state index < -0.39 is 33.1 Å². The number of nitro groups is 1. The van der Waals surface area contributed by atoms with Crippen molar-refractivity contribution in [3.05, 3.63) is 32.8 Å². The molecule has 1 rings (SSSR count). The van der Waals surface area contributed by atoms with Crippen molar-refractivity contribution < 1.29 is 22.8 Å². The van der Waals surface area contributed by atoms with Crippen LogP contribution in [0.25, 0.3) is 0 Å². The Bertz CT molecular complexity index is 433. The Morgan fingerprint density at radius 1 is 1.44 bits per heavy atom. The van der Waals surface area contributed by atoms with Gasteiger partial charge in [-0.2, -0.15) is 13.2 Å². The van der Waals surface area contributed by atoms with E-state index in [9.17, 15) is 23.3 Å². The van der Waals surface area contributed by atoms with Gasteiger partial charge in [0, 0.05) is 12.1 Å². The standard InChI is InChI=1S/C8H5ClF3NO3/c1-16-7-3-5(9)6(13(14)15)2-4(7)8(10,11)12/h2-3H,1H3. The van der Waals surface area contributed by atoms with Crippen LogP contribution in [-0.4, -0.2) is 12.0 Å². The van der Waals surface area contributed by atoms with Crippen molar-refractivity contribution in [2.45, 2.75) is 6.18 Å². The predicted molar refractivity (Wildman–Crippen MR) is 49.7 cm³/mol. The molecule has 0 saturated heterocycles. The summed E-state index contributed by atoms with van der Waals surface area (Å²) in [5, 5.41) is 10.0. The molecule has 0 heterocycles. The highest BCUT2D eigenvalue weighted by Gasteiger charge is 2.37. The van der Waals surface area contributed by atoms with Gasteiger partial charge in [0.1, 0.15) is 16.3 Å². The Balaban J connectivity index is 3.47. The van der Waals surface area contributed by atoms with Crippen LogP contribution in [-0.2, 0) is 6.18 Å². The Labute approximate surface area is 92.7 Å². The van der Waals surface area contributed by atoms with Crippen molar-refractivity contribution in [3.63, 3.8) is 0 Å². The molecule has 8 heteroatoms. The lowest BCUT2D eigenvalue weighted by molar-refractivity contribution is -0.385. The zero-order valence-corrected chi connectivity index (χ0v) is 8.59. The Morgan fingerprint density at radius 3 is 2.38 bits per heavy atom. The van der Waals surface area contributed by atoms with E-state index in [4.69, 9.17) is 11.6 Å². The number of alkyl halides is 3. The number of ether oxygens (including phenoxy) is 1. The second-order valence-corrected chi connectivity index (χ2v) is 3.17. The zero-order chi connectivity index (χ0) is 12.5. The van der Waals surface area contributed by atoms with Gasteiger partial charge in [0.25, 0.3) is 5.69 Å². The van der Waals surface area contributed by atoms with E-state index >= 15 is 0 Å². The van der Waals surface area contributed by atoms with Crippen LogP contribution in [0.2, 0.25) is 5.02 Å². The van der Waals surface area contributed by atoms with Gasteiger partial charge < -0.3 is 4.74 Å². The zero-order valence-electron chi connectivity index (χ0n) is 7.84. The molecule has 0 amide bonds. The molecular weight excluding hydrogens is 251 g/mol. The molecule has 0 unspecified atom stereocenters. The minimum Gasteiger partial charge on any atom is -0.496 e. The second-order valence-electron chi connectivity index (χ2n) is 2.76. The van der Waals surface area contributed by atoms with E-state index in [1.54, 1.807) is 0 Å². The molecule has 0 saturated carbocycles. The average Bonchev–Trinajstić information content (AvgIpc) is 2.14. The number of rotatable bonds is 2. The molecule has 0 aliphatic heterocycles. The van der Waals surface area contributed by atoms with Crippen LogP contribution >= 0.6 is 11.6 Å². The van der Waals surface area contributed by atoms with Crippen molar-refractivity contribution >= 4 is 17.3 Å². The van der Waals surface area contributed by atoms with Crippen molar-refractivity contribution in [3.8, 4) is 5.75 Å². The van der Waals surface area contributed by atoms with Crippen LogP contribution in [0.15, 0.2) is 12.1 Å². The first-order valence-electron chi connectivity index (χ1n) is 3.86. The van der Waals surface area contributed by atoms with E-state index in [0.717, 1.165) is 13.2 Å². The maximum Gasteiger partial charge on any atom is 0.420 e. The highest BCUT2D eigenvalue weighted by molar-refractivity contribution is 6.32. The summed E-state index contributed by atoms with van der Waals surface area (Å²) in [6.45, 7) is 0. The monoisotopic (exact) mass is 255 g/mol. The van der Waals surface area contributed by atoms with Crippen LogP contribution in [0.5, 0.6) is 5.75 Å². The third-order valence-corrected chi connectivity index (χ3v) is 2.07. The van der Waals surface area contributed by atoms with Crippen molar-refractivity contribution in [1.29, 1.82) is 0 Å². The number of hydrogen-bond donors (Lipinski definition) is 0.